The van der Waals surface area contributed by atoms with Gasteiger partial charge in [0.1, 0.15) is 11.5 Å². The molecular formula is C26H25F3N2O4. The number of carboxylic acid groups (broad SMARTS) is 1. The maximum atomic E-state index is 12.8. The number of rotatable bonds is 8. The van der Waals surface area contributed by atoms with E-state index < -0.39 is 23.8 Å². The van der Waals surface area contributed by atoms with Gasteiger partial charge in [-0.2, -0.15) is 13.2 Å². The van der Waals surface area contributed by atoms with Crippen molar-refractivity contribution < 1.29 is 32.2 Å². The number of hydrogen-bond donors (Lipinski definition) is 1. The van der Waals surface area contributed by atoms with E-state index in [1.807, 2.05) is 35.9 Å². The third-order valence-electron chi connectivity index (χ3n) is 6.06. The lowest BCUT2D eigenvalue weighted by atomic mass is 9.99. The highest BCUT2D eigenvalue weighted by atomic mass is 19.4. The van der Waals surface area contributed by atoms with Crippen molar-refractivity contribution in [2.75, 3.05) is 6.61 Å². The zero-order chi connectivity index (χ0) is 25.3. The number of aromatic nitrogens is 2. The molecule has 1 N–H and O–H groups in total. The van der Waals surface area contributed by atoms with Gasteiger partial charge >= 0.3 is 12.1 Å². The van der Waals surface area contributed by atoms with E-state index in [0.717, 1.165) is 34.2 Å². The Labute approximate surface area is 200 Å². The number of aliphatic carboxylic acids is 1. The second-order valence-electron chi connectivity index (χ2n) is 8.31. The Bertz CT molecular complexity index is 1350. The largest absolute Gasteiger partial charge is 0.479 e. The molecule has 0 aliphatic rings. The summed E-state index contributed by atoms with van der Waals surface area (Å²) in [7, 11) is 0. The predicted molar refractivity (Wildman–Crippen MR) is 124 cm³/mol. The third kappa shape index (κ3) is 5.09. The Kier molecular flexibility index (Phi) is 6.71. The zero-order valence-corrected chi connectivity index (χ0v) is 19.5. The van der Waals surface area contributed by atoms with Gasteiger partial charge in [-0.05, 0) is 68.3 Å². The molecule has 2 aromatic heterocycles. The van der Waals surface area contributed by atoms with E-state index >= 15 is 0 Å². The molecule has 0 aliphatic heterocycles. The lowest BCUT2D eigenvalue weighted by Crippen LogP contribution is -2.26. The van der Waals surface area contributed by atoms with Crippen LogP contribution in [0.2, 0.25) is 0 Å². The Morgan fingerprint density at radius 1 is 1.14 bits per heavy atom. The monoisotopic (exact) mass is 486 g/mol. The number of halogens is 3. The SMILES string of the molecule is CCOC(Cc1ccc2c(ccn2Cc2nc(-c3ccc(C(F)(F)F)cc3)oc2C)c1C)C(=O)O. The number of carboxylic acids is 1. The van der Waals surface area contributed by atoms with Crippen molar-refractivity contribution in [1.82, 2.24) is 9.55 Å². The number of fused-ring (bicyclic) bond motifs is 1. The normalized spacial score (nSPS) is 12.9. The number of nitrogens with zero attached hydrogens (tertiary/aromatic N) is 2. The van der Waals surface area contributed by atoms with E-state index in [9.17, 15) is 23.1 Å². The Morgan fingerprint density at radius 3 is 2.49 bits per heavy atom. The molecule has 9 heteroatoms. The van der Waals surface area contributed by atoms with Crippen molar-refractivity contribution in [1.29, 1.82) is 0 Å². The van der Waals surface area contributed by atoms with Crippen LogP contribution in [0.1, 0.15) is 35.1 Å². The Morgan fingerprint density at radius 2 is 1.86 bits per heavy atom. The fraction of sp³-hybridized carbons (Fsp3) is 0.308. The van der Waals surface area contributed by atoms with Crippen LogP contribution in [0.5, 0.6) is 0 Å². The van der Waals surface area contributed by atoms with Crippen LogP contribution in [0.3, 0.4) is 0 Å². The number of oxazole rings is 1. The van der Waals surface area contributed by atoms with Crippen LogP contribution in [0, 0.1) is 13.8 Å². The smallest absolute Gasteiger partial charge is 0.416 e. The first-order valence-electron chi connectivity index (χ1n) is 11.1. The van der Waals surface area contributed by atoms with E-state index in [1.165, 1.54) is 12.1 Å². The molecule has 1 unspecified atom stereocenters. The molecule has 0 amide bonds. The van der Waals surface area contributed by atoms with Gasteiger partial charge in [0.2, 0.25) is 5.89 Å². The van der Waals surface area contributed by atoms with Crippen LogP contribution in [0.25, 0.3) is 22.4 Å². The maximum absolute atomic E-state index is 12.8. The average molecular weight is 486 g/mol. The van der Waals surface area contributed by atoms with Crippen LogP contribution in [0.15, 0.2) is 53.1 Å². The first-order valence-corrected chi connectivity index (χ1v) is 11.1. The summed E-state index contributed by atoms with van der Waals surface area (Å²) in [5.41, 5.74) is 3.24. The summed E-state index contributed by atoms with van der Waals surface area (Å²) >= 11 is 0. The molecule has 1 atom stereocenters. The van der Waals surface area contributed by atoms with Crippen LogP contribution in [0.4, 0.5) is 13.2 Å². The number of alkyl halides is 3. The van der Waals surface area contributed by atoms with Crippen molar-refractivity contribution >= 4 is 16.9 Å². The average Bonchev–Trinajstić information content (AvgIpc) is 3.38. The Hall–Kier alpha value is -3.59. The number of ether oxygens (including phenoxy) is 1. The Balaban J connectivity index is 1.58. The lowest BCUT2D eigenvalue weighted by Gasteiger charge is -2.15. The molecule has 0 aliphatic carbocycles. The number of carbonyl (C=O) groups is 1. The van der Waals surface area contributed by atoms with E-state index in [2.05, 4.69) is 4.98 Å². The number of hydrogen-bond acceptors (Lipinski definition) is 4. The minimum absolute atomic E-state index is 0.261. The summed E-state index contributed by atoms with van der Waals surface area (Å²) in [6.45, 7) is 6.22. The van der Waals surface area contributed by atoms with Crippen molar-refractivity contribution in [3.05, 3.63) is 76.8 Å². The summed E-state index contributed by atoms with van der Waals surface area (Å²) in [6.07, 6.45) is -3.11. The second-order valence-corrected chi connectivity index (χ2v) is 8.31. The predicted octanol–water partition coefficient (Wildman–Crippen LogP) is 6.01. The molecule has 0 fully saturated rings. The van der Waals surface area contributed by atoms with Gasteiger partial charge in [0.15, 0.2) is 6.10 Å². The molecular weight excluding hydrogens is 461 g/mol. The fourth-order valence-corrected chi connectivity index (χ4v) is 4.10. The number of benzene rings is 2. The van der Waals surface area contributed by atoms with Gasteiger partial charge in [0, 0.05) is 35.7 Å². The van der Waals surface area contributed by atoms with Gasteiger partial charge in [0.05, 0.1) is 12.1 Å². The van der Waals surface area contributed by atoms with Crippen molar-refractivity contribution in [2.45, 2.75) is 46.0 Å². The van der Waals surface area contributed by atoms with E-state index in [4.69, 9.17) is 9.15 Å². The molecule has 35 heavy (non-hydrogen) atoms. The minimum Gasteiger partial charge on any atom is -0.479 e. The first kappa shape index (κ1) is 24.5. The van der Waals surface area contributed by atoms with Crippen molar-refractivity contribution in [2.24, 2.45) is 0 Å². The summed E-state index contributed by atoms with van der Waals surface area (Å²) in [5, 5.41) is 10.4. The zero-order valence-electron chi connectivity index (χ0n) is 19.5. The number of aryl methyl sites for hydroxylation is 2. The topological polar surface area (TPSA) is 77.5 Å². The van der Waals surface area contributed by atoms with E-state index in [0.29, 0.717) is 30.2 Å². The van der Waals surface area contributed by atoms with Gasteiger partial charge in [0.25, 0.3) is 0 Å². The van der Waals surface area contributed by atoms with Gasteiger partial charge in [-0.3, -0.25) is 0 Å². The summed E-state index contributed by atoms with van der Waals surface area (Å²) in [6, 6.07) is 10.5. The van der Waals surface area contributed by atoms with Crippen molar-refractivity contribution in [3.8, 4) is 11.5 Å². The molecule has 0 radical (unpaired) electrons. The molecule has 0 spiro atoms. The quantitative estimate of drug-likeness (QED) is 0.330. The van der Waals surface area contributed by atoms with Crippen molar-refractivity contribution in [3.63, 3.8) is 0 Å². The van der Waals surface area contributed by atoms with Gasteiger partial charge in [-0.25, -0.2) is 9.78 Å². The molecule has 4 rings (SSSR count). The van der Waals surface area contributed by atoms with Crippen LogP contribution in [-0.4, -0.2) is 33.3 Å². The van der Waals surface area contributed by atoms with Gasteiger partial charge < -0.3 is 18.8 Å². The molecule has 0 saturated heterocycles. The lowest BCUT2D eigenvalue weighted by molar-refractivity contribution is -0.150. The highest BCUT2D eigenvalue weighted by Crippen LogP contribution is 2.32. The fourth-order valence-electron chi connectivity index (χ4n) is 4.10. The molecule has 0 saturated carbocycles. The summed E-state index contributed by atoms with van der Waals surface area (Å²) < 4.78 is 51.6. The van der Waals surface area contributed by atoms with Gasteiger partial charge in [-0.15, -0.1) is 0 Å². The standard InChI is InChI=1S/C26H25F3N2O4/c1-4-34-23(25(32)33)13-18-7-10-22-20(15(18)2)11-12-31(22)14-21-16(3)35-24(30-21)17-5-8-19(9-6-17)26(27,28)29/h5-12,23H,4,13-14H2,1-3H3,(H,32,33). The molecule has 4 aromatic rings. The highest BCUT2D eigenvalue weighted by molar-refractivity contribution is 5.85. The van der Waals surface area contributed by atoms with Crippen LogP contribution in [-0.2, 0) is 28.7 Å². The summed E-state index contributed by atoms with van der Waals surface area (Å²) in [5.74, 6) is -0.151. The molecule has 6 nitrogen and oxygen atoms in total. The third-order valence-corrected chi connectivity index (χ3v) is 6.06. The van der Waals surface area contributed by atoms with Crippen LogP contribution < -0.4 is 0 Å². The van der Waals surface area contributed by atoms with E-state index in [1.54, 1.807) is 13.8 Å². The second kappa shape index (κ2) is 9.58. The highest BCUT2D eigenvalue weighted by Gasteiger charge is 2.30. The molecule has 2 heterocycles. The van der Waals surface area contributed by atoms with E-state index in [-0.39, 0.29) is 12.3 Å². The summed E-state index contributed by atoms with van der Waals surface area (Å²) in [4.78, 5) is 16.0. The van der Waals surface area contributed by atoms with Gasteiger partial charge in [-0.1, -0.05) is 6.07 Å². The molecule has 184 valence electrons. The molecule has 0 bridgehead atoms. The maximum Gasteiger partial charge on any atom is 0.416 e. The minimum atomic E-state index is -4.40. The van der Waals surface area contributed by atoms with Crippen LogP contribution >= 0.6 is 0 Å². The first-order chi connectivity index (χ1) is 16.6. The molecule has 2 aromatic carbocycles.